The minimum absolute atomic E-state index is 0.249. The van der Waals surface area contributed by atoms with Gasteiger partial charge >= 0.3 is 0 Å². The van der Waals surface area contributed by atoms with Gasteiger partial charge in [0, 0.05) is 6.42 Å². The standard InChI is InChI=1S/C15H19BrO/c1-11-12(2)17-14(10-15(11)16)9-8-13-6-4-3-5-7-13/h3-7,12,14H,8-10H2,1-2H3/t12-,14+/m1/s1. The Morgan fingerprint density at radius 3 is 2.65 bits per heavy atom. The molecule has 1 aromatic carbocycles. The molecule has 0 unspecified atom stereocenters. The van der Waals surface area contributed by atoms with Crippen molar-refractivity contribution in [2.45, 2.75) is 45.3 Å². The van der Waals surface area contributed by atoms with Crippen molar-refractivity contribution in [3.05, 3.63) is 46.0 Å². The van der Waals surface area contributed by atoms with Gasteiger partial charge in [-0.1, -0.05) is 46.3 Å². The molecule has 0 spiro atoms. The van der Waals surface area contributed by atoms with E-state index in [-0.39, 0.29) is 6.10 Å². The zero-order chi connectivity index (χ0) is 12.3. The Morgan fingerprint density at radius 1 is 1.29 bits per heavy atom. The first-order chi connectivity index (χ1) is 8.16. The number of ether oxygens (including phenoxy) is 1. The SMILES string of the molecule is CC1=C(Br)C[C@H](CCc2ccccc2)O[C@@H]1C. The van der Waals surface area contributed by atoms with Gasteiger partial charge in [-0.2, -0.15) is 0 Å². The molecule has 0 saturated heterocycles. The van der Waals surface area contributed by atoms with Gasteiger partial charge in [0.05, 0.1) is 12.2 Å². The van der Waals surface area contributed by atoms with E-state index in [1.165, 1.54) is 15.6 Å². The second-order valence-electron chi connectivity index (χ2n) is 4.72. The highest BCUT2D eigenvalue weighted by Gasteiger charge is 2.23. The van der Waals surface area contributed by atoms with Crippen molar-refractivity contribution < 1.29 is 4.74 Å². The van der Waals surface area contributed by atoms with E-state index in [0.717, 1.165) is 19.3 Å². The lowest BCUT2D eigenvalue weighted by molar-refractivity contribution is 0.00352. The Balaban J connectivity index is 1.90. The lowest BCUT2D eigenvalue weighted by Gasteiger charge is -2.29. The summed E-state index contributed by atoms with van der Waals surface area (Å²) >= 11 is 3.66. The maximum absolute atomic E-state index is 6.00. The lowest BCUT2D eigenvalue weighted by Crippen LogP contribution is -2.26. The second-order valence-corrected chi connectivity index (χ2v) is 5.67. The van der Waals surface area contributed by atoms with Crippen LogP contribution in [0.25, 0.3) is 0 Å². The van der Waals surface area contributed by atoms with Crippen molar-refractivity contribution in [2.75, 3.05) is 0 Å². The zero-order valence-corrected chi connectivity index (χ0v) is 12.0. The highest BCUT2D eigenvalue weighted by Crippen LogP contribution is 2.31. The molecule has 1 aliphatic rings. The van der Waals surface area contributed by atoms with Crippen LogP contribution in [0.2, 0.25) is 0 Å². The molecule has 0 saturated carbocycles. The second kappa shape index (κ2) is 5.83. The monoisotopic (exact) mass is 294 g/mol. The van der Waals surface area contributed by atoms with Crippen LogP contribution in [0.5, 0.6) is 0 Å². The van der Waals surface area contributed by atoms with Crippen molar-refractivity contribution in [3.63, 3.8) is 0 Å². The molecule has 0 aliphatic carbocycles. The molecule has 0 aromatic heterocycles. The summed E-state index contributed by atoms with van der Waals surface area (Å²) in [6.45, 7) is 4.27. The van der Waals surface area contributed by atoms with Gasteiger partial charge in [-0.15, -0.1) is 0 Å². The first kappa shape index (κ1) is 12.8. The largest absolute Gasteiger partial charge is 0.371 e. The summed E-state index contributed by atoms with van der Waals surface area (Å²) in [6, 6.07) is 10.6. The predicted octanol–water partition coefficient (Wildman–Crippen LogP) is 4.47. The van der Waals surface area contributed by atoms with E-state index in [9.17, 15) is 0 Å². The Hall–Kier alpha value is -0.600. The molecule has 2 heteroatoms. The van der Waals surface area contributed by atoms with Crippen LogP contribution < -0.4 is 0 Å². The summed E-state index contributed by atoms with van der Waals surface area (Å²) in [7, 11) is 0. The molecule has 1 heterocycles. The van der Waals surface area contributed by atoms with Crippen molar-refractivity contribution in [1.29, 1.82) is 0 Å². The van der Waals surface area contributed by atoms with E-state index in [0.29, 0.717) is 6.10 Å². The minimum atomic E-state index is 0.249. The molecule has 1 aromatic rings. The number of benzene rings is 1. The number of hydrogen-bond donors (Lipinski definition) is 0. The fraction of sp³-hybridized carbons (Fsp3) is 0.467. The third kappa shape index (κ3) is 3.43. The number of rotatable bonds is 3. The highest BCUT2D eigenvalue weighted by molar-refractivity contribution is 9.11. The van der Waals surface area contributed by atoms with Gasteiger partial charge in [-0.3, -0.25) is 0 Å². The maximum Gasteiger partial charge on any atom is 0.0768 e. The summed E-state index contributed by atoms with van der Waals surface area (Å²) in [5.74, 6) is 0. The van der Waals surface area contributed by atoms with E-state index < -0.39 is 0 Å². The van der Waals surface area contributed by atoms with Gasteiger partial charge in [0.25, 0.3) is 0 Å². The molecule has 2 atom stereocenters. The average Bonchev–Trinajstić information content (AvgIpc) is 2.34. The summed E-state index contributed by atoms with van der Waals surface area (Å²) < 4.78 is 7.33. The van der Waals surface area contributed by atoms with E-state index in [1.54, 1.807) is 0 Å². The Bertz CT molecular complexity index is 397. The fourth-order valence-corrected chi connectivity index (χ4v) is 2.85. The fourth-order valence-electron chi connectivity index (χ4n) is 2.16. The molecular formula is C15H19BrO. The highest BCUT2D eigenvalue weighted by atomic mass is 79.9. The van der Waals surface area contributed by atoms with Gasteiger partial charge < -0.3 is 4.74 Å². The Kier molecular flexibility index (Phi) is 4.41. The molecule has 0 radical (unpaired) electrons. The maximum atomic E-state index is 6.00. The van der Waals surface area contributed by atoms with E-state index >= 15 is 0 Å². The normalized spacial score (nSPS) is 25.1. The first-order valence-electron chi connectivity index (χ1n) is 6.21. The lowest BCUT2D eigenvalue weighted by atomic mass is 10.00. The van der Waals surface area contributed by atoms with Gasteiger partial charge in [-0.05, 0) is 42.3 Å². The van der Waals surface area contributed by atoms with Crippen molar-refractivity contribution in [2.24, 2.45) is 0 Å². The smallest absolute Gasteiger partial charge is 0.0768 e. The molecule has 1 nitrogen and oxygen atoms in total. The van der Waals surface area contributed by atoms with Crippen LogP contribution >= 0.6 is 15.9 Å². The predicted molar refractivity (Wildman–Crippen MR) is 75.3 cm³/mol. The summed E-state index contributed by atoms with van der Waals surface area (Å²) in [4.78, 5) is 0. The Morgan fingerprint density at radius 2 is 2.00 bits per heavy atom. The van der Waals surface area contributed by atoms with E-state index in [2.05, 4.69) is 60.1 Å². The van der Waals surface area contributed by atoms with E-state index in [4.69, 9.17) is 4.74 Å². The molecule has 2 rings (SSSR count). The third-order valence-corrected chi connectivity index (χ3v) is 4.39. The summed E-state index contributed by atoms with van der Waals surface area (Å²) in [5.41, 5.74) is 2.73. The van der Waals surface area contributed by atoms with Gasteiger partial charge in [0.1, 0.15) is 0 Å². The Labute approximate surface area is 112 Å². The van der Waals surface area contributed by atoms with Crippen LogP contribution in [0.1, 0.15) is 32.3 Å². The molecular weight excluding hydrogens is 276 g/mol. The molecule has 0 N–H and O–H groups in total. The molecule has 1 aliphatic heterocycles. The molecule has 0 amide bonds. The van der Waals surface area contributed by atoms with Crippen LogP contribution in [-0.2, 0) is 11.2 Å². The number of halogens is 1. The molecule has 17 heavy (non-hydrogen) atoms. The van der Waals surface area contributed by atoms with Crippen molar-refractivity contribution in [3.8, 4) is 0 Å². The van der Waals surface area contributed by atoms with Crippen molar-refractivity contribution in [1.82, 2.24) is 0 Å². The summed E-state index contributed by atoms with van der Waals surface area (Å²) in [6.07, 6.45) is 3.80. The van der Waals surface area contributed by atoms with Crippen LogP contribution in [0, 0.1) is 0 Å². The zero-order valence-electron chi connectivity index (χ0n) is 10.4. The van der Waals surface area contributed by atoms with Crippen LogP contribution in [0.4, 0.5) is 0 Å². The van der Waals surface area contributed by atoms with E-state index in [1.807, 2.05) is 0 Å². The van der Waals surface area contributed by atoms with Gasteiger partial charge in [0.15, 0.2) is 0 Å². The molecule has 0 fully saturated rings. The quantitative estimate of drug-likeness (QED) is 0.799. The van der Waals surface area contributed by atoms with Gasteiger partial charge in [-0.25, -0.2) is 0 Å². The van der Waals surface area contributed by atoms with Crippen LogP contribution in [0.15, 0.2) is 40.4 Å². The number of hydrogen-bond acceptors (Lipinski definition) is 1. The number of aryl methyl sites for hydroxylation is 1. The topological polar surface area (TPSA) is 9.23 Å². The average molecular weight is 295 g/mol. The first-order valence-corrected chi connectivity index (χ1v) is 7.00. The van der Waals surface area contributed by atoms with Crippen molar-refractivity contribution >= 4 is 15.9 Å². The minimum Gasteiger partial charge on any atom is -0.371 e. The molecule has 92 valence electrons. The summed E-state index contributed by atoms with van der Waals surface area (Å²) in [5, 5.41) is 0. The van der Waals surface area contributed by atoms with Gasteiger partial charge in [0.2, 0.25) is 0 Å². The van der Waals surface area contributed by atoms with Crippen LogP contribution in [-0.4, -0.2) is 12.2 Å². The molecule has 0 bridgehead atoms. The van der Waals surface area contributed by atoms with Crippen LogP contribution in [0.3, 0.4) is 0 Å². The third-order valence-electron chi connectivity index (χ3n) is 3.44.